The second kappa shape index (κ2) is 11.9. The van der Waals surface area contributed by atoms with E-state index in [0.717, 1.165) is 49.8 Å². The van der Waals surface area contributed by atoms with Crippen molar-refractivity contribution in [2.45, 2.75) is 19.3 Å². The molecular weight excluding hydrogens is 715 g/mol. The number of nitrogens with one attached hydrogen (secondary N) is 1. The van der Waals surface area contributed by atoms with Crippen LogP contribution < -0.4 is 15.8 Å². The molecule has 0 fully saturated rings. The molecule has 0 atom stereocenters. The molecule has 1 N–H and O–H groups in total. The van der Waals surface area contributed by atoms with E-state index in [-0.39, 0.29) is 5.41 Å². The molecule has 0 bridgehead atoms. The van der Waals surface area contributed by atoms with E-state index in [1.807, 2.05) is 0 Å². The van der Waals surface area contributed by atoms with Crippen LogP contribution >= 0.6 is 0 Å². The summed E-state index contributed by atoms with van der Waals surface area (Å²) in [5.74, 6) is 0. The molecule has 275 valence electrons. The van der Waals surface area contributed by atoms with E-state index < -0.39 is 0 Å². The number of nitrogens with zero attached hydrogens (tertiary/aromatic N) is 1. The average molecular weight is 752 g/mol. The van der Waals surface area contributed by atoms with Gasteiger partial charge in [-0.3, -0.25) is 0 Å². The van der Waals surface area contributed by atoms with Crippen molar-refractivity contribution in [1.29, 1.82) is 0 Å². The molecule has 1 aliphatic heterocycles. The second-order valence-corrected chi connectivity index (χ2v) is 16.7. The highest BCUT2D eigenvalue weighted by Gasteiger charge is 2.42. The predicted octanol–water partition coefficient (Wildman–Crippen LogP) is 13.5. The summed E-state index contributed by atoms with van der Waals surface area (Å²) >= 11 is 0. The molecular formula is C55H36BN2O. The Bertz CT molecular complexity index is 3570. The first-order valence-corrected chi connectivity index (χ1v) is 20.5. The van der Waals surface area contributed by atoms with Gasteiger partial charge >= 0.3 is 0 Å². The lowest BCUT2D eigenvalue weighted by molar-refractivity contribution is 0.660. The smallest absolute Gasteiger partial charge is 0.197 e. The summed E-state index contributed by atoms with van der Waals surface area (Å²) in [6, 6.07) is 64.3. The molecule has 9 aromatic carbocycles. The maximum atomic E-state index is 6.89. The Morgan fingerprint density at radius 3 is 2.15 bits per heavy atom. The Balaban J connectivity index is 1.17. The number of para-hydroxylation sites is 3. The van der Waals surface area contributed by atoms with E-state index in [1.165, 1.54) is 77.2 Å². The minimum atomic E-state index is -0.245. The van der Waals surface area contributed by atoms with Crippen LogP contribution in [0, 0.1) is 0 Å². The topological polar surface area (TPSA) is 32.2 Å². The number of anilines is 3. The quantitative estimate of drug-likeness (QED) is 0.182. The summed E-state index contributed by atoms with van der Waals surface area (Å²) in [6.45, 7) is 4.78. The maximum absolute atomic E-state index is 6.89. The third kappa shape index (κ3) is 4.54. The fourth-order valence-electron chi connectivity index (χ4n) is 10.4. The van der Waals surface area contributed by atoms with Gasteiger partial charge in [0.15, 0.2) is 12.9 Å². The van der Waals surface area contributed by atoms with Crippen LogP contribution in [0.25, 0.3) is 87.9 Å². The van der Waals surface area contributed by atoms with Gasteiger partial charge in [-0.05, 0) is 86.0 Å². The standard InChI is InChI=1S/C55H36BN2O/c1-55(2)43-23-10-8-19-40(43)50-44(55)31-42(38-21-12-20-37-41-28-33-16-6-7-17-34(33)29-46(41)57-52(37)38)51-53(50)58(47-24-13-22-39-36-18-9-11-25-49(36)59-54(39)47)48-30-35(26-27-45(48)56-51)32-14-4-3-5-15-32/h3-31,57H,1-2H3. The van der Waals surface area contributed by atoms with Gasteiger partial charge in [0.2, 0.25) is 0 Å². The van der Waals surface area contributed by atoms with E-state index in [1.54, 1.807) is 0 Å². The van der Waals surface area contributed by atoms with E-state index in [2.05, 4.69) is 207 Å². The van der Waals surface area contributed by atoms with E-state index in [4.69, 9.17) is 4.42 Å². The van der Waals surface area contributed by atoms with Crippen molar-refractivity contribution in [3.63, 3.8) is 0 Å². The summed E-state index contributed by atoms with van der Waals surface area (Å²) < 4.78 is 6.89. The summed E-state index contributed by atoms with van der Waals surface area (Å²) in [4.78, 5) is 6.46. The van der Waals surface area contributed by atoms with Gasteiger partial charge in [0.05, 0.1) is 11.2 Å². The highest BCUT2D eigenvalue weighted by atomic mass is 16.3. The van der Waals surface area contributed by atoms with Gasteiger partial charge in [0.25, 0.3) is 0 Å². The van der Waals surface area contributed by atoms with Gasteiger partial charge in [0.1, 0.15) is 5.58 Å². The fraction of sp³-hybridized carbons (Fsp3) is 0.0545. The first kappa shape index (κ1) is 32.8. The minimum Gasteiger partial charge on any atom is -0.454 e. The third-order valence-electron chi connectivity index (χ3n) is 13.2. The molecule has 2 aliphatic rings. The van der Waals surface area contributed by atoms with Crippen molar-refractivity contribution in [2.75, 3.05) is 4.90 Å². The van der Waals surface area contributed by atoms with Crippen LogP contribution in [0.4, 0.5) is 17.1 Å². The zero-order valence-electron chi connectivity index (χ0n) is 32.7. The Kier molecular flexibility index (Phi) is 6.59. The van der Waals surface area contributed by atoms with Crippen LogP contribution in [-0.4, -0.2) is 12.3 Å². The number of fused-ring (bicyclic) bond motifs is 13. The number of hydrogen-bond donors (Lipinski definition) is 1. The number of hydrogen-bond acceptors (Lipinski definition) is 2. The van der Waals surface area contributed by atoms with Gasteiger partial charge < -0.3 is 14.3 Å². The molecule has 3 nitrogen and oxygen atoms in total. The maximum Gasteiger partial charge on any atom is 0.197 e. The normalized spacial score (nSPS) is 13.8. The Morgan fingerprint density at radius 2 is 1.25 bits per heavy atom. The minimum absolute atomic E-state index is 0.245. The highest BCUT2D eigenvalue weighted by Crippen LogP contribution is 2.56. The SMILES string of the molecule is CC1(C)c2ccccc2-c2c1cc(-c1cccc3c1[nH]c1cc4ccccc4cc13)c1c2N(c2cccc3c2oc2ccccc23)c2cc(-c3ccccc3)ccc2[B]1. The van der Waals surface area contributed by atoms with Crippen molar-refractivity contribution in [1.82, 2.24) is 4.98 Å². The van der Waals surface area contributed by atoms with Crippen LogP contribution in [0.1, 0.15) is 25.0 Å². The van der Waals surface area contributed by atoms with Crippen LogP contribution in [0.5, 0.6) is 0 Å². The van der Waals surface area contributed by atoms with E-state index in [9.17, 15) is 0 Å². The van der Waals surface area contributed by atoms with Gasteiger partial charge in [-0.1, -0.05) is 159 Å². The van der Waals surface area contributed by atoms with Crippen molar-refractivity contribution in [2.24, 2.45) is 0 Å². The summed E-state index contributed by atoms with van der Waals surface area (Å²) in [5.41, 5.74) is 19.5. The number of benzene rings is 9. The summed E-state index contributed by atoms with van der Waals surface area (Å²) in [6.07, 6.45) is 0. The van der Waals surface area contributed by atoms with Gasteiger partial charge in [0, 0.05) is 55.0 Å². The molecule has 0 amide bonds. The molecule has 2 aromatic heterocycles. The van der Waals surface area contributed by atoms with Crippen LogP contribution in [0.3, 0.4) is 0 Å². The molecule has 0 saturated carbocycles. The third-order valence-corrected chi connectivity index (χ3v) is 13.2. The monoisotopic (exact) mass is 751 g/mol. The van der Waals surface area contributed by atoms with Gasteiger partial charge in [-0.2, -0.15) is 0 Å². The molecule has 11 aromatic rings. The molecule has 4 heteroatoms. The van der Waals surface area contributed by atoms with Gasteiger partial charge in [-0.15, -0.1) is 0 Å². The Morgan fingerprint density at radius 1 is 0.525 bits per heavy atom. The van der Waals surface area contributed by atoms with Crippen molar-refractivity contribution in [3.05, 3.63) is 187 Å². The van der Waals surface area contributed by atoms with Crippen molar-refractivity contribution >= 4 is 89.8 Å². The zero-order valence-corrected chi connectivity index (χ0v) is 32.7. The average Bonchev–Trinajstić information content (AvgIpc) is 3.92. The lowest BCUT2D eigenvalue weighted by Gasteiger charge is -2.37. The molecule has 1 radical (unpaired) electrons. The molecule has 0 saturated heterocycles. The number of furan rings is 1. The number of H-pyrrole nitrogens is 1. The fourth-order valence-corrected chi connectivity index (χ4v) is 10.4. The summed E-state index contributed by atoms with van der Waals surface area (Å²) in [7, 11) is 2.44. The molecule has 0 unspecified atom stereocenters. The predicted molar refractivity (Wildman–Crippen MR) is 249 cm³/mol. The lowest BCUT2D eigenvalue weighted by Crippen LogP contribution is -2.41. The van der Waals surface area contributed by atoms with Crippen LogP contribution in [-0.2, 0) is 5.41 Å². The largest absolute Gasteiger partial charge is 0.454 e. The lowest BCUT2D eigenvalue weighted by atomic mass is 9.57. The Hall–Kier alpha value is -7.30. The molecule has 3 heterocycles. The zero-order chi connectivity index (χ0) is 39.0. The van der Waals surface area contributed by atoms with Crippen molar-refractivity contribution in [3.8, 4) is 33.4 Å². The molecule has 59 heavy (non-hydrogen) atoms. The summed E-state index contributed by atoms with van der Waals surface area (Å²) in [5, 5.41) is 7.18. The Labute approximate surface area is 342 Å². The van der Waals surface area contributed by atoms with Crippen LogP contribution in [0.15, 0.2) is 180 Å². The molecule has 1 aliphatic carbocycles. The molecule has 0 spiro atoms. The number of rotatable bonds is 3. The van der Waals surface area contributed by atoms with E-state index in [0.29, 0.717) is 0 Å². The first-order valence-electron chi connectivity index (χ1n) is 20.5. The first-order chi connectivity index (χ1) is 29.0. The molecule has 13 rings (SSSR count). The van der Waals surface area contributed by atoms with Crippen molar-refractivity contribution < 1.29 is 4.42 Å². The number of aromatic amines is 1. The van der Waals surface area contributed by atoms with E-state index >= 15 is 0 Å². The second-order valence-electron chi connectivity index (χ2n) is 16.7. The van der Waals surface area contributed by atoms with Crippen LogP contribution in [0.2, 0.25) is 0 Å². The van der Waals surface area contributed by atoms with Gasteiger partial charge in [-0.25, -0.2) is 0 Å². The highest BCUT2D eigenvalue weighted by molar-refractivity contribution is 6.73. The number of aromatic nitrogens is 1.